The molecule has 0 radical (unpaired) electrons. The van der Waals surface area contributed by atoms with Gasteiger partial charge in [-0.3, -0.25) is 9.59 Å². The lowest BCUT2D eigenvalue weighted by atomic mass is 9.95. The zero-order valence-corrected chi connectivity index (χ0v) is 11.9. The van der Waals surface area contributed by atoms with E-state index in [2.05, 4.69) is 5.32 Å². The van der Waals surface area contributed by atoms with Gasteiger partial charge in [0.25, 0.3) is 0 Å². The van der Waals surface area contributed by atoms with Crippen LogP contribution in [-0.2, 0) is 14.3 Å². The molecule has 5 heteroatoms. The van der Waals surface area contributed by atoms with Gasteiger partial charge in [-0.05, 0) is 26.7 Å². The van der Waals surface area contributed by atoms with Crippen LogP contribution in [-0.4, -0.2) is 48.1 Å². The normalized spacial score (nSPS) is 24.4. The van der Waals surface area contributed by atoms with Gasteiger partial charge in [0.15, 0.2) is 0 Å². The molecule has 1 spiro atoms. The maximum absolute atomic E-state index is 12.8. The first kappa shape index (κ1) is 14.3. The molecule has 0 aromatic heterocycles. The minimum atomic E-state index is -0.631. The number of nitrogens with one attached hydrogen (secondary N) is 1. The van der Waals surface area contributed by atoms with Crippen LogP contribution >= 0.6 is 0 Å². The summed E-state index contributed by atoms with van der Waals surface area (Å²) >= 11 is 0. The standard InChI is InChI=1S/C14H24N2O3/c1-3-19-10-11(2)16-9-6-12(17)15-14(13(16)18)7-4-5-8-14/h11H,3-10H2,1-2H3,(H,15,17). The van der Waals surface area contributed by atoms with E-state index < -0.39 is 5.54 Å². The van der Waals surface area contributed by atoms with Crippen LogP contribution in [0, 0.1) is 0 Å². The van der Waals surface area contributed by atoms with Crippen molar-refractivity contribution in [1.82, 2.24) is 10.2 Å². The summed E-state index contributed by atoms with van der Waals surface area (Å²) in [6.07, 6.45) is 3.97. The van der Waals surface area contributed by atoms with Crippen molar-refractivity contribution in [3.8, 4) is 0 Å². The van der Waals surface area contributed by atoms with Gasteiger partial charge in [-0.25, -0.2) is 0 Å². The predicted octanol–water partition coefficient (Wildman–Crippen LogP) is 1.07. The molecule has 1 aliphatic heterocycles. The molecule has 1 N–H and O–H groups in total. The molecule has 0 aromatic rings. The summed E-state index contributed by atoms with van der Waals surface area (Å²) < 4.78 is 5.42. The third-order valence-corrected chi connectivity index (χ3v) is 4.18. The lowest BCUT2D eigenvalue weighted by molar-refractivity contribution is -0.141. The first-order valence-corrected chi connectivity index (χ1v) is 7.29. The van der Waals surface area contributed by atoms with Crippen molar-refractivity contribution >= 4 is 11.8 Å². The average Bonchev–Trinajstić information content (AvgIpc) is 2.81. The van der Waals surface area contributed by atoms with E-state index in [4.69, 9.17) is 4.74 Å². The fraction of sp³-hybridized carbons (Fsp3) is 0.857. The Labute approximate surface area is 114 Å². The number of nitrogens with zero attached hydrogens (tertiary/aromatic N) is 1. The van der Waals surface area contributed by atoms with E-state index in [0.29, 0.717) is 26.2 Å². The number of rotatable bonds is 4. The smallest absolute Gasteiger partial charge is 0.248 e. The zero-order chi connectivity index (χ0) is 13.9. The third kappa shape index (κ3) is 2.91. The minimum absolute atomic E-state index is 0.00126. The highest BCUT2D eigenvalue weighted by molar-refractivity contribution is 5.94. The van der Waals surface area contributed by atoms with Gasteiger partial charge in [0.2, 0.25) is 11.8 Å². The van der Waals surface area contributed by atoms with E-state index in [1.165, 1.54) is 0 Å². The van der Waals surface area contributed by atoms with Crippen molar-refractivity contribution in [2.24, 2.45) is 0 Å². The molecular formula is C14H24N2O3. The third-order valence-electron chi connectivity index (χ3n) is 4.18. The van der Waals surface area contributed by atoms with E-state index in [0.717, 1.165) is 25.7 Å². The maximum atomic E-state index is 12.8. The summed E-state index contributed by atoms with van der Waals surface area (Å²) in [6, 6.07) is 0.0256. The number of carbonyl (C=O) groups excluding carboxylic acids is 2. The zero-order valence-electron chi connectivity index (χ0n) is 11.9. The topological polar surface area (TPSA) is 58.6 Å². The van der Waals surface area contributed by atoms with E-state index in [-0.39, 0.29) is 17.9 Å². The van der Waals surface area contributed by atoms with Crippen LogP contribution in [0.3, 0.4) is 0 Å². The van der Waals surface area contributed by atoms with Crippen molar-refractivity contribution in [1.29, 1.82) is 0 Å². The van der Waals surface area contributed by atoms with E-state index in [1.54, 1.807) is 0 Å². The van der Waals surface area contributed by atoms with Crippen LogP contribution < -0.4 is 5.32 Å². The first-order chi connectivity index (χ1) is 9.09. The van der Waals surface area contributed by atoms with Crippen LogP contribution in [0.5, 0.6) is 0 Å². The quantitative estimate of drug-likeness (QED) is 0.830. The van der Waals surface area contributed by atoms with Crippen LogP contribution in [0.4, 0.5) is 0 Å². The molecule has 1 aliphatic carbocycles. The van der Waals surface area contributed by atoms with Gasteiger partial charge in [0.1, 0.15) is 5.54 Å². The molecule has 1 saturated heterocycles. The lowest BCUT2D eigenvalue weighted by Crippen LogP contribution is -2.57. The van der Waals surface area contributed by atoms with Gasteiger partial charge in [0, 0.05) is 19.6 Å². The molecule has 2 fully saturated rings. The van der Waals surface area contributed by atoms with Gasteiger partial charge < -0.3 is 15.0 Å². The second kappa shape index (κ2) is 5.90. The molecule has 1 heterocycles. The molecule has 1 unspecified atom stereocenters. The van der Waals surface area contributed by atoms with E-state index in [9.17, 15) is 9.59 Å². The Morgan fingerprint density at radius 1 is 1.37 bits per heavy atom. The molecule has 19 heavy (non-hydrogen) atoms. The summed E-state index contributed by atoms with van der Waals surface area (Å²) in [6.45, 7) is 5.62. The fourth-order valence-corrected chi connectivity index (χ4v) is 3.10. The van der Waals surface area contributed by atoms with Crippen molar-refractivity contribution < 1.29 is 14.3 Å². The Morgan fingerprint density at radius 3 is 2.68 bits per heavy atom. The van der Waals surface area contributed by atoms with Crippen molar-refractivity contribution in [2.45, 2.75) is 57.5 Å². The van der Waals surface area contributed by atoms with Crippen molar-refractivity contribution in [2.75, 3.05) is 19.8 Å². The van der Waals surface area contributed by atoms with Gasteiger partial charge >= 0.3 is 0 Å². The SMILES string of the molecule is CCOCC(C)N1CCC(=O)NC2(CCCC2)C1=O. The van der Waals surface area contributed by atoms with Crippen LogP contribution in [0.2, 0.25) is 0 Å². The molecule has 108 valence electrons. The van der Waals surface area contributed by atoms with E-state index >= 15 is 0 Å². The molecule has 0 aromatic carbocycles. The number of carbonyl (C=O) groups is 2. The summed E-state index contributed by atoms with van der Waals surface area (Å²) in [5.74, 6) is 0.0874. The van der Waals surface area contributed by atoms with E-state index in [1.807, 2.05) is 18.7 Å². The van der Waals surface area contributed by atoms with Crippen LogP contribution in [0.1, 0.15) is 46.0 Å². The Balaban J connectivity index is 2.14. The van der Waals surface area contributed by atoms with Crippen LogP contribution in [0.25, 0.3) is 0 Å². The summed E-state index contributed by atoms with van der Waals surface area (Å²) in [5, 5.41) is 2.97. The number of ether oxygens (including phenoxy) is 1. The molecule has 0 bridgehead atoms. The van der Waals surface area contributed by atoms with Crippen molar-refractivity contribution in [3.05, 3.63) is 0 Å². The number of hydrogen-bond donors (Lipinski definition) is 1. The molecular weight excluding hydrogens is 244 g/mol. The van der Waals surface area contributed by atoms with Gasteiger partial charge in [-0.1, -0.05) is 12.8 Å². The monoisotopic (exact) mass is 268 g/mol. The summed E-state index contributed by atoms with van der Waals surface area (Å²) in [4.78, 5) is 26.5. The van der Waals surface area contributed by atoms with Crippen molar-refractivity contribution in [3.63, 3.8) is 0 Å². The second-order valence-corrected chi connectivity index (χ2v) is 5.59. The maximum Gasteiger partial charge on any atom is 0.248 e. The predicted molar refractivity (Wildman–Crippen MR) is 71.6 cm³/mol. The molecule has 1 atom stereocenters. The van der Waals surface area contributed by atoms with Gasteiger partial charge in [-0.15, -0.1) is 0 Å². The number of amides is 2. The Kier molecular flexibility index (Phi) is 4.45. The molecule has 2 amide bonds. The van der Waals surface area contributed by atoms with Gasteiger partial charge in [-0.2, -0.15) is 0 Å². The lowest BCUT2D eigenvalue weighted by Gasteiger charge is -2.35. The Hall–Kier alpha value is -1.10. The highest BCUT2D eigenvalue weighted by Gasteiger charge is 2.47. The fourth-order valence-electron chi connectivity index (χ4n) is 3.10. The number of hydrogen-bond acceptors (Lipinski definition) is 3. The Morgan fingerprint density at radius 2 is 2.05 bits per heavy atom. The Bertz CT molecular complexity index is 351. The second-order valence-electron chi connectivity index (χ2n) is 5.59. The van der Waals surface area contributed by atoms with Crippen LogP contribution in [0.15, 0.2) is 0 Å². The van der Waals surface area contributed by atoms with Gasteiger partial charge in [0.05, 0.1) is 12.6 Å². The largest absolute Gasteiger partial charge is 0.380 e. The first-order valence-electron chi connectivity index (χ1n) is 7.29. The minimum Gasteiger partial charge on any atom is -0.380 e. The molecule has 2 rings (SSSR count). The summed E-state index contributed by atoms with van der Waals surface area (Å²) in [7, 11) is 0. The highest BCUT2D eigenvalue weighted by atomic mass is 16.5. The molecule has 5 nitrogen and oxygen atoms in total. The molecule has 1 saturated carbocycles. The average molecular weight is 268 g/mol. The summed E-state index contributed by atoms with van der Waals surface area (Å²) in [5.41, 5.74) is -0.631. The molecule has 2 aliphatic rings. The highest BCUT2D eigenvalue weighted by Crippen LogP contribution is 2.33.